The summed E-state index contributed by atoms with van der Waals surface area (Å²) >= 11 is 0. The Morgan fingerprint density at radius 1 is 1.17 bits per heavy atom. The molecule has 1 aromatic rings. The highest BCUT2D eigenvalue weighted by molar-refractivity contribution is 7.88. The molecule has 0 unspecified atom stereocenters. The van der Waals surface area contributed by atoms with Gasteiger partial charge in [-0.2, -0.15) is 4.31 Å². The number of piperazine rings is 1. The van der Waals surface area contributed by atoms with Gasteiger partial charge in [0.25, 0.3) is 0 Å². The second-order valence-electron chi connectivity index (χ2n) is 7.11. The molecule has 1 aliphatic rings. The van der Waals surface area contributed by atoms with Crippen molar-refractivity contribution < 1.29 is 17.9 Å². The van der Waals surface area contributed by atoms with Gasteiger partial charge < -0.3 is 9.64 Å². The van der Waals surface area contributed by atoms with Crippen molar-refractivity contribution in [3.05, 3.63) is 35.4 Å². The Balaban J connectivity index is 1.94. The zero-order valence-corrected chi connectivity index (χ0v) is 15.6. The van der Waals surface area contributed by atoms with Crippen molar-refractivity contribution in [3.8, 4) is 0 Å². The van der Waals surface area contributed by atoms with Gasteiger partial charge in [0.2, 0.25) is 10.0 Å². The van der Waals surface area contributed by atoms with Crippen molar-refractivity contribution in [2.75, 3.05) is 26.2 Å². The Kier molecular flexibility index (Phi) is 5.55. The van der Waals surface area contributed by atoms with Gasteiger partial charge in [-0.1, -0.05) is 29.8 Å². The standard InChI is InChI=1S/C17H26N2O4S/c1-14-6-5-7-15(12-14)13-24(21,22)19-10-8-18(9-11-19)16(20)23-17(2,3)4/h5-7,12H,8-11,13H2,1-4H3. The second-order valence-corrected chi connectivity index (χ2v) is 9.08. The van der Waals surface area contributed by atoms with Crippen LogP contribution in [0.25, 0.3) is 0 Å². The summed E-state index contributed by atoms with van der Waals surface area (Å²) in [5.74, 6) is -0.0128. The first-order valence-corrected chi connectivity index (χ1v) is 9.69. The monoisotopic (exact) mass is 354 g/mol. The molecule has 24 heavy (non-hydrogen) atoms. The lowest BCUT2D eigenvalue weighted by Crippen LogP contribution is -2.51. The quantitative estimate of drug-likeness (QED) is 0.836. The van der Waals surface area contributed by atoms with Crippen molar-refractivity contribution in [1.82, 2.24) is 9.21 Å². The SMILES string of the molecule is Cc1cccc(CS(=O)(=O)N2CCN(C(=O)OC(C)(C)C)CC2)c1. The van der Waals surface area contributed by atoms with Gasteiger partial charge in [-0.25, -0.2) is 13.2 Å². The summed E-state index contributed by atoms with van der Waals surface area (Å²) in [6, 6.07) is 7.51. The zero-order valence-electron chi connectivity index (χ0n) is 14.8. The number of nitrogens with zero attached hydrogens (tertiary/aromatic N) is 2. The zero-order chi connectivity index (χ0) is 18.0. The molecule has 0 atom stereocenters. The molecule has 1 fully saturated rings. The predicted molar refractivity (Wildman–Crippen MR) is 93.2 cm³/mol. The third-order valence-corrected chi connectivity index (χ3v) is 5.57. The second kappa shape index (κ2) is 7.11. The van der Waals surface area contributed by atoms with Crippen LogP contribution >= 0.6 is 0 Å². The van der Waals surface area contributed by atoms with Crippen molar-refractivity contribution in [1.29, 1.82) is 0 Å². The lowest BCUT2D eigenvalue weighted by Gasteiger charge is -2.35. The fourth-order valence-corrected chi connectivity index (χ4v) is 4.08. The summed E-state index contributed by atoms with van der Waals surface area (Å²) in [5.41, 5.74) is 1.27. The van der Waals surface area contributed by atoms with E-state index in [4.69, 9.17) is 4.74 Å². The van der Waals surface area contributed by atoms with Gasteiger partial charge in [0, 0.05) is 26.2 Å². The van der Waals surface area contributed by atoms with Crippen LogP contribution in [0.2, 0.25) is 0 Å². The van der Waals surface area contributed by atoms with Gasteiger partial charge in [-0.05, 0) is 33.3 Å². The van der Waals surface area contributed by atoms with Crippen LogP contribution in [0.1, 0.15) is 31.9 Å². The molecule has 1 saturated heterocycles. The van der Waals surface area contributed by atoms with Crippen molar-refractivity contribution in [3.63, 3.8) is 0 Å². The Bertz CT molecular complexity index is 687. The Morgan fingerprint density at radius 2 is 1.79 bits per heavy atom. The third-order valence-electron chi connectivity index (χ3n) is 3.72. The smallest absolute Gasteiger partial charge is 0.410 e. The summed E-state index contributed by atoms with van der Waals surface area (Å²) < 4.78 is 31.9. The summed E-state index contributed by atoms with van der Waals surface area (Å²) in [6.45, 7) is 8.68. The van der Waals surface area contributed by atoms with Crippen molar-refractivity contribution in [2.45, 2.75) is 39.0 Å². The summed E-state index contributed by atoms with van der Waals surface area (Å²) in [4.78, 5) is 13.6. The maximum Gasteiger partial charge on any atom is 0.410 e. The highest BCUT2D eigenvalue weighted by Gasteiger charge is 2.30. The van der Waals surface area contributed by atoms with E-state index in [0.29, 0.717) is 26.2 Å². The van der Waals surface area contributed by atoms with Crippen molar-refractivity contribution >= 4 is 16.1 Å². The predicted octanol–water partition coefficient (Wildman–Crippen LogP) is 2.38. The molecule has 2 rings (SSSR count). The minimum Gasteiger partial charge on any atom is -0.444 e. The molecule has 0 spiro atoms. The minimum atomic E-state index is -3.38. The highest BCUT2D eigenvalue weighted by Crippen LogP contribution is 2.16. The van der Waals surface area contributed by atoms with E-state index in [1.807, 2.05) is 52.0 Å². The van der Waals surface area contributed by atoms with Crippen LogP contribution in [0.4, 0.5) is 4.79 Å². The number of hydrogen-bond acceptors (Lipinski definition) is 4. The molecule has 1 amide bonds. The summed E-state index contributed by atoms with van der Waals surface area (Å²) in [7, 11) is -3.38. The normalized spacial score (nSPS) is 16.9. The molecular formula is C17H26N2O4S. The van der Waals surface area contributed by atoms with E-state index in [-0.39, 0.29) is 5.75 Å². The number of ether oxygens (including phenoxy) is 1. The average Bonchev–Trinajstić information content (AvgIpc) is 2.45. The van der Waals surface area contributed by atoms with E-state index in [0.717, 1.165) is 11.1 Å². The first-order chi connectivity index (χ1) is 11.1. The summed E-state index contributed by atoms with van der Waals surface area (Å²) in [6.07, 6.45) is -0.391. The van der Waals surface area contributed by atoms with Crippen LogP contribution in [-0.4, -0.2) is 55.5 Å². The first-order valence-electron chi connectivity index (χ1n) is 8.08. The van der Waals surface area contributed by atoms with E-state index in [9.17, 15) is 13.2 Å². The maximum atomic E-state index is 12.6. The van der Waals surface area contributed by atoms with Gasteiger partial charge in [0.1, 0.15) is 5.60 Å². The molecule has 7 heteroatoms. The van der Waals surface area contributed by atoms with E-state index in [1.165, 1.54) is 4.31 Å². The number of hydrogen-bond donors (Lipinski definition) is 0. The molecule has 0 aromatic heterocycles. The lowest BCUT2D eigenvalue weighted by atomic mass is 10.2. The van der Waals surface area contributed by atoms with Crippen LogP contribution in [0, 0.1) is 6.92 Å². The number of carbonyl (C=O) groups is 1. The summed E-state index contributed by atoms with van der Waals surface area (Å²) in [5, 5.41) is 0. The third kappa shape index (κ3) is 5.21. The first kappa shape index (κ1) is 18.7. The molecule has 0 bridgehead atoms. The van der Waals surface area contributed by atoms with Gasteiger partial charge >= 0.3 is 6.09 Å². The van der Waals surface area contributed by atoms with Crippen molar-refractivity contribution in [2.24, 2.45) is 0 Å². The van der Waals surface area contributed by atoms with Crippen LogP contribution < -0.4 is 0 Å². The maximum absolute atomic E-state index is 12.6. The largest absolute Gasteiger partial charge is 0.444 e. The molecule has 0 N–H and O–H groups in total. The number of carbonyl (C=O) groups excluding carboxylic acids is 1. The molecule has 1 heterocycles. The fraction of sp³-hybridized carbons (Fsp3) is 0.588. The van der Waals surface area contributed by atoms with Gasteiger partial charge in [-0.15, -0.1) is 0 Å². The number of benzene rings is 1. The lowest BCUT2D eigenvalue weighted by molar-refractivity contribution is 0.0192. The van der Waals surface area contributed by atoms with Crippen LogP contribution in [0.3, 0.4) is 0 Å². The number of amides is 1. The van der Waals surface area contributed by atoms with Crippen LogP contribution in [0.5, 0.6) is 0 Å². The molecule has 6 nitrogen and oxygen atoms in total. The Hall–Kier alpha value is -1.60. The number of aryl methyl sites for hydroxylation is 1. The minimum absolute atomic E-state index is 0.0128. The Morgan fingerprint density at radius 3 is 2.33 bits per heavy atom. The van der Waals surface area contributed by atoms with E-state index >= 15 is 0 Å². The van der Waals surface area contributed by atoms with E-state index < -0.39 is 21.7 Å². The van der Waals surface area contributed by atoms with Gasteiger partial charge in [0.15, 0.2) is 0 Å². The molecule has 134 valence electrons. The van der Waals surface area contributed by atoms with Gasteiger partial charge in [-0.3, -0.25) is 0 Å². The Labute approximate surface area is 144 Å². The topological polar surface area (TPSA) is 66.9 Å². The molecule has 0 saturated carbocycles. The number of sulfonamides is 1. The highest BCUT2D eigenvalue weighted by atomic mass is 32.2. The molecule has 1 aromatic carbocycles. The molecule has 0 radical (unpaired) electrons. The number of rotatable bonds is 3. The van der Waals surface area contributed by atoms with E-state index in [1.54, 1.807) is 4.90 Å². The average molecular weight is 354 g/mol. The molecule has 1 aliphatic heterocycles. The van der Waals surface area contributed by atoms with Crippen LogP contribution in [-0.2, 0) is 20.5 Å². The fourth-order valence-electron chi connectivity index (χ4n) is 2.58. The van der Waals surface area contributed by atoms with Gasteiger partial charge in [0.05, 0.1) is 5.75 Å². The van der Waals surface area contributed by atoms with E-state index in [2.05, 4.69) is 0 Å². The molecule has 0 aliphatic carbocycles. The molecular weight excluding hydrogens is 328 g/mol. The van der Waals surface area contributed by atoms with Crippen LogP contribution in [0.15, 0.2) is 24.3 Å².